The van der Waals surface area contributed by atoms with E-state index in [0.717, 1.165) is 12.0 Å². The second kappa shape index (κ2) is 7.43. The summed E-state index contributed by atoms with van der Waals surface area (Å²) >= 11 is 3.33. The maximum atomic E-state index is 12.3. The van der Waals surface area contributed by atoms with Gasteiger partial charge in [-0.25, -0.2) is 9.59 Å². The average molecular weight is 413 g/mol. The molecule has 1 fully saturated rings. The van der Waals surface area contributed by atoms with Gasteiger partial charge in [-0.05, 0) is 54.9 Å². The minimum Gasteiger partial charge on any atom is -0.480 e. The van der Waals surface area contributed by atoms with Crippen LogP contribution in [-0.2, 0) is 9.53 Å². The van der Waals surface area contributed by atoms with Gasteiger partial charge in [-0.1, -0.05) is 0 Å². The van der Waals surface area contributed by atoms with Gasteiger partial charge in [0.25, 0.3) is 0 Å². The first-order valence-electron chi connectivity index (χ1n) is 7.84. The molecule has 1 saturated heterocycles. The van der Waals surface area contributed by atoms with Crippen molar-refractivity contribution >= 4 is 40.0 Å². The number of carbonyl (C=O) groups is 3. The van der Waals surface area contributed by atoms with Crippen molar-refractivity contribution in [2.75, 3.05) is 24.5 Å². The van der Waals surface area contributed by atoms with E-state index in [4.69, 9.17) is 4.74 Å². The molecule has 1 heterocycles. The fourth-order valence-corrected chi connectivity index (χ4v) is 3.04. The molecule has 136 valence electrons. The lowest BCUT2D eigenvalue weighted by atomic mass is 10.1. The topological polar surface area (TPSA) is 87.2 Å². The first-order valence-corrected chi connectivity index (χ1v) is 8.64. The summed E-state index contributed by atoms with van der Waals surface area (Å²) in [5, 5.41) is 9.53. The number of carboxylic acid groups (broad SMARTS) is 1. The predicted molar refractivity (Wildman–Crippen MR) is 96.1 cm³/mol. The molecule has 1 aliphatic heterocycles. The van der Waals surface area contributed by atoms with Crippen molar-refractivity contribution in [3.8, 4) is 0 Å². The van der Waals surface area contributed by atoms with Gasteiger partial charge < -0.3 is 14.7 Å². The molecule has 0 spiro atoms. The Balaban J connectivity index is 2.18. The number of hydrogen-bond acceptors (Lipinski definition) is 5. The van der Waals surface area contributed by atoms with Crippen LogP contribution < -0.4 is 4.90 Å². The van der Waals surface area contributed by atoms with Crippen LogP contribution in [0.3, 0.4) is 0 Å². The number of carbonyl (C=O) groups excluding carboxylic acids is 2. The number of hydrogen-bond donors (Lipinski definition) is 1. The highest BCUT2D eigenvalue weighted by atomic mass is 79.9. The molecule has 25 heavy (non-hydrogen) atoms. The third kappa shape index (κ3) is 4.72. The third-order valence-corrected chi connectivity index (χ3v) is 4.46. The Hall–Kier alpha value is -2.09. The van der Waals surface area contributed by atoms with Crippen LogP contribution in [0.2, 0.25) is 0 Å². The number of anilines is 1. The Labute approximate surface area is 154 Å². The van der Waals surface area contributed by atoms with Crippen molar-refractivity contribution in [3.05, 3.63) is 28.2 Å². The maximum absolute atomic E-state index is 12.3. The number of nitrogens with zero attached hydrogens (tertiary/aromatic N) is 2. The number of ether oxygens (including phenoxy) is 1. The van der Waals surface area contributed by atoms with Crippen LogP contribution in [0.5, 0.6) is 0 Å². The summed E-state index contributed by atoms with van der Waals surface area (Å²) in [6, 6.07) is 4.19. The number of carboxylic acids is 1. The van der Waals surface area contributed by atoms with E-state index in [2.05, 4.69) is 15.9 Å². The number of halogens is 1. The van der Waals surface area contributed by atoms with Gasteiger partial charge in [0, 0.05) is 35.4 Å². The second-order valence-electron chi connectivity index (χ2n) is 6.80. The van der Waals surface area contributed by atoms with Gasteiger partial charge in [0.05, 0.1) is 0 Å². The molecule has 0 aliphatic carbocycles. The average Bonchev–Trinajstić information content (AvgIpc) is 2.52. The van der Waals surface area contributed by atoms with Crippen LogP contribution in [0.1, 0.15) is 31.1 Å². The van der Waals surface area contributed by atoms with Gasteiger partial charge in [0.1, 0.15) is 11.6 Å². The summed E-state index contributed by atoms with van der Waals surface area (Å²) in [6.07, 6.45) is 0.117. The molecule has 0 radical (unpaired) electrons. The van der Waals surface area contributed by atoms with Crippen molar-refractivity contribution in [2.45, 2.75) is 32.4 Å². The van der Waals surface area contributed by atoms with Crippen molar-refractivity contribution in [1.82, 2.24) is 4.90 Å². The lowest BCUT2D eigenvalue weighted by Crippen LogP contribution is -2.59. The smallest absolute Gasteiger partial charge is 0.411 e. The number of amides is 1. The molecule has 8 heteroatoms. The highest BCUT2D eigenvalue weighted by molar-refractivity contribution is 9.10. The SMILES string of the molecule is CC(C)(C)OC(=O)N1CCN(c2ccc(C=O)c(Br)c2)C[C@H]1C(=O)O. The highest BCUT2D eigenvalue weighted by Crippen LogP contribution is 2.26. The fraction of sp³-hybridized carbons (Fsp3) is 0.471. The first kappa shape index (κ1) is 19.2. The van der Waals surface area contributed by atoms with Crippen LogP contribution in [0, 0.1) is 0 Å². The Morgan fingerprint density at radius 1 is 1.32 bits per heavy atom. The van der Waals surface area contributed by atoms with Crippen LogP contribution in [-0.4, -0.2) is 59.6 Å². The number of rotatable bonds is 3. The van der Waals surface area contributed by atoms with E-state index >= 15 is 0 Å². The Morgan fingerprint density at radius 2 is 2.00 bits per heavy atom. The molecule has 2 rings (SSSR count). The summed E-state index contributed by atoms with van der Waals surface area (Å²) < 4.78 is 5.95. The molecule has 7 nitrogen and oxygen atoms in total. The lowest BCUT2D eigenvalue weighted by molar-refractivity contribution is -0.143. The lowest BCUT2D eigenvalue weighted by Gasteiger charge is -2.40. The Kier molecular flexibility index (Phi) is 5.72. The van der Waals surface area contributed by atoms with Crippen LogP contribution in [0.25, 0.3) is 0 Å². The Morgan fingerprint density at radius 3 is 2.52 bits per heavy atom. The fourth-order valence-electron chi connectivity index (χ4n) is 2.58. The van der Waals surface area contributed by atoms with Crippen molar-refractivity contribution in [2.24, 2.45) is 0 Å². The molecule has 1 atom stereocenters. The van der Waals surface area contributed by atoms with E-state index in [1.807, 2.05) is 4.90 Å². The number of aliphatic carboxylic acids is 1. The van der Waals surface area contributed by atoms with Crippen molar-refractivity contribution < 1.29 is 24.2 Å². The molecule has 0 unspecified atom stereocenters. The van der Waals surface area contributed by atoms with E-state index in [1.54, 1.807) is 39.0 Å². The molecule has 1 aromatic carbocycles. The molecule has 0 aromatic heterocycles. The monoisotopic (exact) mass is 412 g/mol. The molecular formula is C17H21BrN2O5. The molecule has 0 bridgehead atoms. The van der Waals surface area contributed by atoms with Gasteiger partial charge in [-0.15, -0.1) is 0 Å². The molecule has 1 N–H and O–H groups in total. The van der Waals surface area contributed by atoms with E-state index in [9.17, 15) is 19.5 Å². The first-order chi connectivity index (χ1) is 11.6. The quantitative estimate of drug-likeness (QED) is 0.767. The molecule has 0 saturated carbocycles. The summed E-state index contributed by atoms with van der Waals surface area (Å²) in [7, 11) is 0. The van der Waals surface area contributed by atoms with Crippen molar-refractivity contribution in [3.63, 3.8) is 0 Å². The standard InChI is InChI=1S/C17H21BrN2O5/c1-17(2,3)25-16(24)20-7-6-19(9-14(20)15(22)23)12-5-4-11(10-21)13(18)8-12/h4-5,8,10,14H,6-7,9H2,1-3H3,(H,22,23)/t14-/m0/s1. The summed E-state index contributed by atoms with van der Waals surface area (Å²) in [6.45, 7) is 6.06. The van der Waals surface area contributed by atoms with Crippen LogP contribution in [0.4, 0.5) is 10.5 Å². The normalized spacial score (nSPS) is 18.0. The minimum absolute atomic E-state index is 0.140. The zero-order chi connectivity index (χ0) is 18.8. The summed E-state index contributed by atoms with van der Waals surface area (Å²) in [5.74, 6) is -1.08. The van der Waals surface area contributed by atoms with Crippen molar-refractivity contribution in [1.29, 1.82) is 0 Å². The zero-order valence-corrected chi connectivity index (χ0v) is 15.9. The Bertz CT molecular complexity index is 686. The van der Waals surface area contributed by atoms with E-state index < -0.39 is 23.7 Å². The highest BCUT2D eigenvalue weighted by Gasteiger charge is 2.37. The summed E-state index contributed by atoms with van der Waals surface area (Å²) in [5.41, 5.74) is 0.616. The van der Waals surface area contributed by atoms with E-state index in [-0.39, 0.29) is 13.1 Å². The predicted octanol–water partition coefficient (Wildman–Crippen LogP) is 2.77. The molecular weight excluding hydrogens is 392 g/mol. The van der Waals surface area contributed by atoms with Gasteiger partial charge in [-0.2, -0.15) is 0 Å². The molecule has 1 amide bonds. The molecule has 1 aromatic rings. The minimum atomic E-state index is -1.08. The van der Waals surface area contributed by atoms with Crippen LogP contribution >= 0.6 is 15.9 Å². The number of aldehydes is 1. The number of benzene rings is 1. The maximum Gasteiger partial charge on any atom is 0.411 e. The summed E-state index contributed by atoms with van der Waals surface area (Å²) in [4.78, 5) is 38.0. The van der Waals surface area contributed by atoms with Gasteiger partial charge in [0.2, 0.25) is 0 Å². The van der Waals surface area contributed by atoms with Gasteiger partial charge in [0.15, 0.2) is 6.29 Å². The van der Waals surface area contributed by atoms with Gasteiger partial charge in [-0.3, -0.25) is 9.69 Å². The second-order valence-corrected chi connectivity index (χ2v) is 7.65. The van der Waals surface area contributed by atoms with Gasteiger partial charge >= 0.3 is 12.1 Å². The largest absolute Gasteiger partial charge is 0.480 e. The van der Waals surface area contributed by atoms with E-state index in [1.165, 1.54) is 4.90 Å². The van der Waals surface area contributed by atoms with Crippen LogP contribution in [0.15, 0.2) is 22.7 Å². The zero-order valence-electron chi connectivity index (χ0n) is 14.4. The third-order valence-electron chi connectivity index (χ3n) is 3.77. The number of piperazine rings is 1. The van der Waals surface area contributed by atoms with E-state index in [0.29, 0.717) is 16.6 Å². The molecule has 1 aliphatic rings.